The smallest absolute Gasteiger partial charge is 0.387 e. The molecule has 8 nitrogen and oxygen atoms in total. The summed E-state index contributed by atoms with van der Waals surface area (Å²) in [6.45, 7) is 2.48. The number of halogens is 2. The molecule has 2 aromatic rings. The maximum atomic E-state index is 12.7. The van der Waals surface area contributed by atoms with E-state index < -0.39 is 6.61 Å². The van der Waals surface area contributed by atoms with Crippen molar-refractivity contribution < 1.29 is 18.3 Å². The van der Waals surface area contributed by atoms with Crippen molar-refractivity contribution in [2.75, 3.05) is 41.8 Å². The summed E-state index contributed by atoms with van der Waals surface area (Å²) in [6, 6.07) is 3.63. The predicted molar refractivity (Wildman–Crippen MR) is 108 cm³/mol. The number of nitrogen functional groups attached to an aromatic ring is 1. The highest BCUT2D eigenvalue weighted by Gasteiger charge is 2.40. The number of morpholine rings is 1. The third-order valence-electron chi connectivity index (χ3n) is 6.00. The van der Waals surface area contributed by atoms with Crippen molar-refractivity contribution in [1.29, 1.82) is 0 Å². The highest BCUT2D eigenvalue weighted by Crippen LogP contribution is 2.35. The number of rotatable bonds is 5. The Balaban J connectivity index is 1.55. The molecule has 0 radical (unpaired) electrons. The van der Waals surface area contributed by atoms with E-state index in [0.717, 1.165) is 38.3 Å². The summed E-state index contributed by atoms with van der Waals surface area (Å²) in [6.07, 6.45) is 3.83. The van der Waals surface area contributed by atoms with Crippen LogP contribution in [0.3, 0.4) is 0 Å². The van der Waals surface area contributed by atoms with Gasteiger partial charge in [-0.25, -0.2) is 9.97 Å². The number of nitrogens with two attached hydrogens (primary N) is 1. The molecule has 10 heteroatoms. The van der Waals surface area contributed by atoms with Crippen LogP contribution in [-0.4, -0.2) is 60.0 Å². The van der Waals surface area contributed by atoms with Crippen LogP contribution in [0, 0.1) is 5.92 Å². The van der Waals surface area contributed by atoms with E-state index in [1.807, 2.05) is 6.07 Å². The summed E-state index contributed by atoms with van der Waals surface area (Å²) in [5.41, 5.74) is 6.85. The van der Waals surface area contributed by atoms with Gasteiger partial charge in [0.2, 0.25) is 5.95 Å². The quantitative estimate of drug-likeness (QED) is 0.793. The first-order valence-electron chi connectivity index (χ1n) is 10.2. The second kappa shape index (κ2) is 7.50. The summed E-state index contributed by atoms with van der Waals surface area (Å²) in [5.74, 6) is 1.78. The number of anilines is 3. The van der Waals surface area contributed by atoms with Crippen LogP contribution in [0.4, 0.5) is 26.4 Å². The first kappa shape index (κ1) is 19.2. The molecule has 30 heavy (non-hydrogen) atoms. The van der Waals surface area contributed by atoms with Crippen LogP contribution in [0.25, 0.3) is 11.3 Å². The van der Waals surface area contributed by atoms with Gasteiger partial charge in [-0.15, -0.1) is 0 Å². The zero-order valence-corrected chi connectivity index (χ0v) is 16.7. The van der Waals surface area contributed by atoms with Gasteiger partial charge in [0.25, 0.3) is 0 Å². The van der Waals surface area contributed by atoms with Gasteiger partial charge in [0.1, 0.15) is 5.82 Å². The lowest BCUT2D eigenvalue weighted by molar-refractivity contribution is -0.0494. The van der Waals surface area contributed by atoms with Gasteiger partial charge >= 0.3 is 6.61 Å². The molecule has 3 aliphatic rings. The fourth-order valence-corrected chi connectivity index (χ4v) is 4.44. The van der Waals surface area contributed by atoms with Crippen molar-refractivity contribution in [3.05, 3.63) is 18.3 Å². The average molecular weight is 418 g/mol. The van der Waals surface area contributed by atoms with Gasteiger partial charge in [-0.3, -0.25) is 0 Å². The fourth-order valence-electron chi connectivity index (χ4n) is 4.44. The summed E-state index contributed by atoms with van der Waals surface area (Å²) in [4.78, 5) is 18.0. The molecule has 3 unspecified atom stereocenters. The Morgan fingerprint density at radius 3 is 2.80 bits per heavy atom. The molecule has 3 atom stereocenters. The molecular formula is C20H24F2N6O2. The minimum atomic E-state index is -2.98. The van der Waals surface area contributed by atoms with Crippen molar-refractivity contribution in [3.63, 3.8) is 0 Å². The lowest BCUT2D eigenvalue weighted by atomic mass is 10.2. The molecule has 2 bridgehead atoms. The summed E-state index contributed by atoms with van der Waals surface area (Å²) in [7, 11) is 0. The summed E-state index contributed by atoms with van der Waals surface area (Å²) in [5, 5.41) is 0. The van der Waals surface area contributed by atoms with Gasteiger partial charge < -0.3 is 25.0 Å². The van der Waals surface area contributed by atoms with Crippen molar-refractivity contribution in [2.24, 2.45) is 5.92 Å². The second-order valence-electron chi connectivity index (χ2n) is 8.23. The molecule has 2 N–H and O–H groups in total. The first-order chi connectivity index (χ1) is 14.5. The molecule has 0 aromatic carbocycles. The van der Waals surface area contributed by atoms with E-state index in [1.165, 1.54) is 12.3 Å². The molecule has 160 valence electrons. The number of nitrogens with zero attached hydrogens (tertiary/aromatic N) is 5. The Morgan fingerprint density at radius 1 is 1.27 bits per heavy atom. The molecule has 0 spiro atoms. The Morgan fingerprint density at radius 2 is 2.13 bits per heavy atom. The van der Waals surface area contributed by atoms with Crippen molar-refractivity contribution in [1.82, 2.24) is 15.0 Å². The van der Waals surface area contributed by atoms with Crippen molar-refractivity contribution in [2.45, 2.75) is 38.5 Å². The molecular weight excluding hydrogens is 394 g/mol. The third kappa shape index (κ3) is 3.60. The molecule has 0 aliphatic carbocycles. The number of hydrogen-bond acceptors (Lipinski definition) is 8. The van der Waals surface area contributed by atoms with Crippen molar-refractivity contribution >= 4 is 17.6 Å². The molecule has 0 amide bonds. The van der Waals surface area contributed by atoms with Crippen LogP contribution in [-0.2, 0) is 4.74 Å². The zero-order valence-electron chi connectivity index (χ0n) is 16.7. The highest BCUT2D eigenvalue weighted by molar-refractivity contribution is 5.68. The topological polar surface area (TPSA) is 89.6 Å². The summed E-state index contributed by atoms with van der Waals surface area (Å²) >= 11 is 0. The minimum absolute atomic E-state index is 0.0871. The Hall–Kier alpha value is -2.75. The zero-order chi connectivity index (χ0) is 20.8. The lowest BCUT2D eigenvalue weighted by Crippen LogP contribution is -2.38. The van der Waals surface area contributed by atoms with Gasteiger partial charge in [-0.05, 0) is 24.8 Å². The second-order valence-corrected chi connectivity index (χ2v) is 8.23. The van der Waals surface area contributed by atoms with Crippen LogP contribution in [0.15, 0.2) is 18.3 Å². The molecule has 0 saturated carbocycles. The SMILES string of the molecule is CC1CCN(c2nc(-c3cnc(N)c(OC(F)F)c3)cc(N3CC4CC3CO4)n2)C1. The predicted octanol–water partition coefficient (Wildman–Crippen LogP) is 2.55. The van der Waals surface area contributed by atoms with E-state index in [4.69, 9.17) is 20.4 Å². The van der Waals surface area contributed by atoms with Crippen LogP contribution >= 0.6 is 0 Å². The standard InChI is InChI=1S/C20H24F2N6O2/c1-11-2-3-27(8-11)20-25-15(12-4-16(30-19(21)22)18(23)24-7-12)6-17(26-20)28-9-14-5-13(28)10-29-14/h4,6-7,11,13-14,19H,2-3,5,8-10H2,1H3,(H2,23,24). The monoisotopic (exact) mass is 418 g/mol. The van der Waals surface area contributed by atoms with Crippen LogP contribution in [0.5, 0.6) is 5.75 Å². The number of pyridine rings is 1. The van der Waals surface area contributed by atoms with Gasteiger partial charge in [0, 0.05) is 37.5 Å². The summed E-state index contributed by atoms with van der Waals surface area (Å²) < 4.78 is 35.7. The molecule has 3 fully saturated rings. The molecule has 5 rings (SSSR count). The molecule has 3 aliphatic heterocycles. The van der Waals surface area contributed by atoms with Crippen LogP contribution in [0.1, 0.15) is 19.8 Å². The van der Waals surface area contributed by atoms with E-state index in [-0.39, 0.29) is 17.7 Å². The Bertz CT molecular complexity index is 946. The Labute approximate surface area is 173 Å². The van der Waals surface area contributed by atoms with E-state index >= 15 is 0 Å². The number of alkyl halides is 2. The Kier molecular flexibility index (Phi) is 4.80. The maximum absolute atomic E-state index is 12.7. The number of fused-ring (bicyclic) bond motifs is 2. The van der Waals surface area contributed by atoms with Crippen molar-refractivity contribution in [3.8, 4) is 17.0 Å². The maximum Gasteiger partial charge on any atom is 0.387 e. The van der Waals surface area contributed by atoms with Gasteiger partial charge in [-0.1, -0.05) is 6.92 Å². The third-order valence-corrected chi connectivity index (χ3v) is 6.00. The van der Waals surface area contributed by atoms with Gasteiger partial charge in [0.05, 0.1) is 24.4 Å². The van der Waals surface area contributed by atoms with E-state index in [0.29, 0.717) is 35.8 Å². The normalized spacial score (nSPS) is 25.5. The first-order valence-corrected chi connectivity index (χ1v) is 10.2. The van der Waals surface area contributed by atoms with Crippen LogP contribution < -0.4 is 20.3 Å². The number of hydrogen-bond donors (Lipinski definition) is 1. The number of aromatic nitrogens is 3. The van der Waals surface area contributed by atoms with E-state index in [2.05, 4.69) is 26.4 Å². The van der Waals surface area contributed by atoms with Crippen LogP contribution in [0.2, 0.25) is 0 Å². The van der Waals surface area contributed by atoms with E-state index in [9.17, 15) is 8.78 Å². The lowest BCUT2D eigenvalue weighted by Gasteiger charge is -2.29. The highest BCUT2D eigenvalue weighted by atomic mass is 19.3. The number of ether oxygens (including phenoxy) is 2. The average Bonchev–Trinajstić information content (AvgIpc) is 3.46. The molecule has 5 heterocycles. The van der Waals surface area contributed by atoms with E-state index in [1.54, 1.807) is 0 Å². The van der Waals surface area contributed by atoms with Gasteiger partial charge in [-0.2, -0.15) is 13.8 Å². The molecule has 3 saturated heterocycles. The minimum Gasteiger partial charge on any atom is -0.431 e. The molecule has 2 aromatic heterocycles. The fraction of sp³-hybridized carbons (Fsp3) is 0.550. The largest absolute Gasteiger partial charge is 0.431 e. The van der Waals surface area contributed by atoms with Gasteiger partial charge in [0.15, 0.2) is 11.6 Å².